The molecule has 6 rings (SSSR count). The van der Waals surface area contributed by atoms with E-state index < -0.39 is 47.2 Å². The lowest BCUT2D eigenvalue weighted by Gasteiger charge is -2.30. The number of halogens is 3. The maximum Gasteiger partial charge on any atom is 0.416 e. The van der Waals surface area contributed by atoms with Crippen molar-refractivity contribution < 1.29 is 37.1 Å². The van der Waals surface area contributed by atoms with Crippen molar-refractivity contribution in [3.63, 3.8) is 0 Å². The molecule has 49 heavy (non-hydrogen) atoms. The third-order valence-electron chi connectivity index (χ3n) is 8.72. The highest BCUT2D eigenvalue weighted by molar-refractivity contribution is 6.01. The molecule has 3 N–H and O–H groups in total. The van der Waals surface area contributed by atoms with E-state index in [0.717, 1.165) is 17.7 Å². The molecule has 3 aliphatic heterocycles. The van der Waals surface area contributed by atoms with Crippen molar-refractivity contribution in [1.82, 2.24) is 16.0 Å². The number of amides is 3. The Kier molecular flexibility index (Phi) is 10.8. The number of hydrogen-bond donors (Lipinski definition) is 3. The van der Waals surface area contributed by atoms with Gasteiger partial charge in [-0.05, 0) is 86.6 Å². The predicted octanol–water partition coefficient (Wildman–Crippen LogP) is 5.55. The molecule has 3 aliphatic rings. The smallest absolute Gasteiger partial charge is 0.416 e. The number of hydrogen-bond acceptors (Lipinski definition) is 6. The van der Waals surface area contributed by atoms with Crippen molar-refractivity contribution in [2.75, 3.05) is 18.0 Å². The van der Waals surface area contributed by atoms with E-state index in [9.17, 15) is 32.3 Å². The fourth-order valence-electron chi connectivity index (χ4n) is 6.14. The van der Waals surface area contributed by atoms with E-state index in [0.29, 0.717) is 34.4 Å². The monoisotopic (exact) mass is 678 g/mol. The van der Waals surface area contributed by atoms with Crippen molar-refractivity contribution in [2.24, 2.45) is 0 Å². The topological polar surface area (TPSA) is 117 Å². The highest BCUT2D eigenvalue weighted by Gasteiger charge is 2.36. The molecule has 0 saturated carbocycles. The molecule has 0 unspecified atom stereocenters. The maximum absolute atomic E-state index is 14.1. The van der Waals surface area contributed by atoms with E-state index in [-0.39, 0.29) is 51.2 Å². The molecule has 0 aromatic heterocycles. The first-order chi connectivity index (χ1) is 23.2. The second-order valence-corrected chi connectivity index (χ2v) is 13.3. The van der Waals surface area contributed by atoms with Crippen LogP contribution in [0.5, 0.6) is 0 Å². The molecule has 3 aromatic rings. The van der Waals surface area contributed by atoms with Crippen LogP contribution in [0.4, 0.5) is 18.9 Å². The zero-order chi connectivity index (χ0) is 35.3. The standard InChI is InChI=1S/C37H41F3N4O5/c1-23-21-42-36(2,3)20-32(45)43-30-16-14-26-19-27(37(38,39)40)15-17-31(26)44(35(30)48)22-24-10-12-25(13-11-24)28-7-4-5-8-29(28)34(47)41-18-6-9-33(46)49-23/h4-5,7-8,10-13,15,17,19,23,30,42H,6,9,14,16,18,20-22H2,1-3H3,(H,41,47)(H,43,45)/t23-,30-/m1/s1. The van der Waals surface area contributed by atoms with Gasteiger partial charge in [0.1, 0.15) is 12.1 Å². The molecule has 9 nitrogen and oxygen atoms in total. The molecule has 4 bridgehead atoms. The summed E-state index contributed by atoms with van der Waals surface area (Å²) in [6, 6.07) is 16.7. The summed E-state index contributed by atoms with van der Waals surface area (Å²) in [7, 11) is 0. The summed E-state index contributed by atoms with van der Waals surface area (Å²) in [5, 5.41) is 8.95. The van der Waals surface area contributed by atoms with E-state index in [1.54, 1.807) is 31.2 Å². The number of rotatable bonds is 0. The average molecular weight is 679 g/mol. The van der Waals surface area contributed by atoms with Gasteiger partial charge in [0.25, 0.3) is 5.91 Å². The second-order valence-electron chi connectivity index (χ2n) is 13.3. The molecule has 3 amide bonds. The van der Waals surface area contributed by atoms with Crippen molar-refractivity contribution in [3.8, 4) is 11.1 Å². The van der Waals surface area contributed by atoms with E-state index in [1.807, 2.05) is 38.1 Å². The molecule has 3 heterocycles. The number of alkyl halides is 3. The largest absolute Gasteiger partial charge is 0.461 e. The Morgan fingerprint density at radius 2 is 1.63 bits per heavy atom. The Hall–Kier alpha value is -4.71. The van der Waals surface area contributed by atoms with Crippen LogP contribution in [0.3, 0.4) is 0 Å². The van der Waals surface area contributed by atoms with Crippen LogP contribution >= 0.6 is 0 Å². The third kappa shape index (κ3) is 9.05. The highest BCUT2D eigenvalue weighted by Crippen LogP contribution is 2.36. The fourth-order valence-corrected chi connectivity index (χ4v) is 6.14. The zero-order valence-corrected chi connectivity index (χ0v) is 27.8. The molecular formula is C37H41F3N4O5. The van der Waals surface area contributed by atoms with Crippen molar-refractivity contribution in [3.05, 3.63) is 89.0 Å². The minimum atomic E-state index is -4.56. The third-order valence-corrected chi connectivity index (χ3v) is 8.72. The molecule has 12 heteroatoms. The fraction of sp³-hybridized carbons (Fsp3) is 0.405. The minimum Gasteiger partial charge on any atom is -0.461 e. The summed E-state index contributed by atoms with van der Waals surface area (Å²) in [5.41, 5.74) is 1.76. The van der Waals surface area contributed by atoms with Crippen molar-refractivity contribution in [2.45, 2.75) is 83.3 Å². The van der Waals surface area contributed by atoms with Gasteiger partial charge in [-0.3, -0.25) is 19.2 Å². The molecule has 0 spiro atoms. The Bertz CT molecular complexity index is 1710. The number of carbonyl (C=O) groups excluding carboxylic acids is 4. The normalized spacial score (nSPS) is 21.3. The average Bonchev–Trinajstić information content (AvgIpc) is 3.17. The molecule has 260 valence electrons. The molecule has 0 fully saturated rings. The Morgan fingerprint density at radius 1 is 0.918 bits per heavy atom. The van der Waals surface area contributed by atoms with Gasteiger partial charge >= 0.3 is 12.1 Å². The Labute approximate surface area is 283 Å². The number of carbonyl (C=O) groups is 4. The van der Waals surface area contributed by atoms with E-state index in [1.165, 1.54) is 11.0 Å². The quantitative estimate of drug-likeness (QED) is 0.269. The van der Waals surface area contributed by atoms with Gasteiger partial charge in [0, 0.05) is 42.7 Å². The summed E-state index contributed by atoms with van der Waals surface area (Å²) in [6.07, 6.45) is -4.28. The van der Waals surface area contributed by atoms with Crippen LogP contribution in [0.25, 0.3) is 11.1 Å². The van der Waals surface area contributed by atoms with Crippen molar-refractivity contribution >= 4 is 29.4 Å². The first kappa shape index (κ1) is 35.6. The van der Waals surface area contributed by atoms with E-state index in [2.05, 4.69) is 16.0 Å². The van der Waals surface area contributed by atoms with Crippen LogP contribution in [-0.4, -0.2) is 54.5 Å². The first-order valence-corrected chi connectivity index (χ1v) is 16.4. The molecule has 0 aliphatic carbocycles. The van der Waals surface area contributed by atoms with Crippen molar-refractivity contribution in [1.29, 1.82) is 0 Å². The lowest BCUT2D eigenvalue weighted by molar-refractivity contribution is -0.148. The van der Waals surface area contributed by atoms with Gasteiger partial charge in [-0.1, -0.05) is 42.5 Å². The minimum absolute atomic E-state index is 0.00868. The van der Waals surface area contributed by atoms with Gasteiger partial charge in [0.2, 0.25) is 11.8 Å². The Morgan fingerprint density at radius 3 is 2.35 bits per heavy atom. The number of nitrogens with one attached hydrogen (secondary N) is 3. The highest BCUT2D eigenvalue weighted by atomic mass is 19.4. The van der Waals surface area contributed by atoms with Gasteiger partial charge in [0.15, 0.2) is 0 Å². The summed E-state index contributed by atoms with van der Waals surface area (Å²) in [4.78, 5) is 54.4. The van der Waals surface area contributed by atoms with E-state index >= 15 is 0 Å². The summed E-state index contributed by atoms with van der Waals surface area (Å²) < 4.78 is 46.5. The lowest BCUT2D eigenvalue weighted by Crippen LogP contribution is -2.51. The number of aryl methyl sites for hydroxylation is 1. The van der Waals surface area contributed by atoms with Gasteiger partial charge in [-0.2, -0.15) is 13.2 Å². The van der Waals surface area contributed by atoms with Gasteiger partial charge in [-0.25, -0.2) is 0 Å². The number of ether oxygens (including phenoxy) is 1. The number of benzene rings is 3. The summed E-state index contributed by atoms with van der Waals surface area (Å²) in [6.45, 7) is 5.95. The summed E-state index contributed by atoms with van der Waals surface area (Å²) in [5.74, 6) is -1.53. The Balaban J connectivity index is 1.49. The zero-order valence-electron chi connectivity index (χ0n) is 27.8. The molecular weight excluding hydrogens is 637 g/mol. The number of anilines is 1. The first-order valence-electron chi connectivity index (χ1n) is 16.4. The van der Waals surface area contributed by atoms with Gasteiger partial charge < -0.3 is 25.6 Å². The van der Waals surface area contributed by atoms with Crippen LogP contribution in [-0.2, 0) is 38.3 Å². The molecule has 2 atom stereocenters. The molecule has 3 aromatic carbocycles. The van der Waals surface area contributed by atoms with E-state index in [4.69, 9.17) is 4.74 Å². The number of nitrogens with zero attached hydrogens (tertiary/aromatic N) is 1. The van der Waals surface area contributed by atoms with Crippen LogP contribution < -0.4 is 20.9 Å². The summed E-state index contributed by atoms with van der Waals surface area (Å²) >= 11 is 0. The second kappa shape index (κ2) is 14.8. The molecule has 0 radical (unpaired) electrons. The van der Waals surface area contributed by atoms with Gasteiger partial charge in [0.05, 0.1) is 12.1 Å². The van der Waals surface area contributed by atoms with Gasteiger partial charge in [-0.15, -0.1) is 0 Å². The van der Waals surface area contributed by atoms with Crippen LogP contribution in [0.2, 0.25) is 0 Å². The van der Waals surface area contributed by atoms with Crippen LogP contribution in [0.1, 0.15) is 73.5 Å². The SMILES string of the molecule is C[C@@H]1CNC(C)(C)CC(=O)N[C@@H]2CCc3cc(C(F)(F)F)ccc3N(Cc3ccc(cc3)-c3ccccc3C(=O)NCCCC(=O)O1)C2=O. The number of esters is 1. The lowest BCUT2D eigenvalue weighted by atomic mass is 9.98. The molecule has 0 saturated heterocycles. The van der Waals surface area contributed by atoms with Crippen LogP contribution in [0.15, 0.2) is 66.7 Å². The number of fused-ring (bicyclic) bond motifs is 16. The van der Waals surface area contributed by atoms with Crippen LogP contribution in [0, 0.1) is 0 Å². The maximum atomic E-state index is 14.1. The predicted molar refractivity (Wildman–Crippen MR) is 179 cm³/mol.